The van der Waals surface area contributed by atoms with E-state index in [1.54, 1.807) is 24.3 Å². The average Bonchev–Trinajstić information content (AvgIpc) is 3.02. The Morgan fingerprint density at radius 1 is 0.537 bits per heavy atom. The molecule has 0 amide bonds. The molecule has 3 aromatic carbocycles. The average molecular weight is 571 g/mol. The Morgan fingerprint density at radius 3 is 1.56 bits per heavy atom. The van der Waals surface area contributed by atoms with Gasteiger partial charge in [0, 0.05) is 16.7 Å². The molecule has 216 valence electrons. The van der Waals surface area contributed by atoms with Crippen molar-refractivity contribution in [1.82, 2.24) is 0 Å². The molecule has 0 unspecified atom stereocenters. The van der Waals surface area contributed by atoms with Crippen LogP contribution in [0.1, 0.15) is 101 Å². The summed E-state index contributed by atoms with van der Waals surface area (Å²) in [5.74, 6) is 1.74. The first-order valence-corrected chi connectivity index (χ1v) is 15.3. The number of carbonyl (C=O) groups excluding carboxylic acids is 2. The van der Waals surface area contributed by atoms with Crippen molar-refractivity contribution < 1.29 is 19.1 Å². The van der Waals surface area contributed by atoms with Crippen LogP contribution in [0.4, 0.5) is 0 Å². The molecular formula is C36H42O4S. The molecule has 0 N–H and O–H groups in total. The van der Waals surface area contributed by atoms with E-state index in [1.807, 2.05) is 66.8 Å². The summed E-state index contributed by atoms with van der Waals surface area (Å²) in [4.78, 5) is 21.9. The highest BCUT2D eigenvalue weighted by molar-refractivity contribution is 7.80. The molecule has 0 bridgehead atoms. The number of aldehydes is 2. The van der Waals surface area contributed by atoms with E-state index in [9.17, 15) is 9.59 Å². The summed E-state index contributed by atoms with van der Waals surface area (Å²) in [7, 11) is 0. The fraction of sp³-hybridized carbons (Fsp3) is 0.333. The summed E-state index contributed by atoms with van der Waals surface area (Å²) in [6.45, 7) is 0.882. The lowest BCUT2D eigenvalue weighted by Gasteiger charge is -2.11. The van der Waals surface area contributed by atoms with Crippen molar-refractivity contribution >= 4 is 49.5 Å². The van der Waals surface area contributed by atoms with Gasteiger partial charge in [-0.25, -0.2) is 0 Å². The lowest BCUT2D eigenvalue weighted by atomic mass is 10.1. The summed E-state index contributed by atoms with van der Waals surface area (Å²) in [5, 5.41) is 0. The van der Waals surface area contributed by atoms with Gasteiger partial charge < -0.3 is 9.47 Å². The smallest absolute Gasteiger partial charge is 0.189 e. The molecule has 0 saturated carbocycles. The Labute approximate surface area is 250 Å². The van der Waals surface area contributed by atoms with E-state index in [4.69, 9.17) is 9.47 Å². The van der Waals surface area contributed by atoms with Gasteiger partial charge in [0.1, 0.15) is 18.3 Å². The second kappa shape index (κ2) is 19.6. The molecule has 4 nitrogen and oxygen atoms in total. The van der Waals surface area contributed by atoms with Crippen LogP contribution in [-0.2, 0) is 4.74 Å². The number of benzene rings is 3. The van der Waals surface area contributed by atoms with Crippen molar-refractivity contribution in [2.75, 3.05) is 19.2 Å². The molecule has 0 atom stereocenters. The Hall–Kier alpha value is -3.41. The zero-order valence-electron chi connectivity index (χ0n) is 23.9. The molecule has 3 aromatic rings. The third-order valence-corrected chi connectivity index (χ3v) is 7.17. The van der Waals surface area contributed by atoms with Crippen LogP contribution in [0.25, 0.3) is 24.3 Å². The molecule has 0 heterocycles. The Kier molecular flexibility index (Phi) is 15.4. The van der Waals surface area contributed by atoms with Gasteiger partial charge in [0.25, 0.3) is 0 Å². The number of hydrogen-bond donors (Lipinski definition) is 1. The molecule has 0 aromatic heterocycles. The predicted octanol–water partition coefficient (Wildman–Crippen LogP) is 9.45. The number of hydrogen-bond acceptors (Lipinski definition) is 5. The Morgan fingerprint density at radius 2 is 1.00 bits per heavy atom. The fourth-order valence-corrected chi connectivity index (χ4v) is 4.61. The minimum Gasteiger partial charge on any atom is -0.467 e. The minimum atomic E-state index is 0.195. The molecule has 5 heteroatoms. The van der Waals surface area contributed by atoms with Gasteiger partial charge >= 0.3 is 0 Å². The summed E-state index contributed by atoms with van der Waals surface area (Å²) in [6.07, 6.45) is 21.0. The van der Waals surface area contributed by atoms with E-state index in [1.165, 1.54) is 51.4 Å². The van der Waals surface area contributed by atoms with E-state index in [2.05, 4.69) is 12.6 Å². The van der Waals surface area contributed by atoms with Gasteiger partial charge in [-0.05, 0) is 41.4 Å². The van der Waals surface area contributed by atoms with Crippen molar-refractivity contribution in [1.29, 1.82) is 0 Å². The van der Waals surface area contributed by atoms with Crippen molar-refractivity contribution in [3.8, 4) is 5.75 Å². The Bertz CT molecular complexity index is 1230. The molecule has 0 aliphatic carbocycles. The molecule has 0 spiro atoms. The first-order valence-electron chi connectivity index (χ1n) is 14.6. The fourth-order valence-electron chi connectivity index (χ4n) is 4.38. The quantitative estimate of drug-likeness (QED) is 0.0483. The van der Waals surface area contributed by atoms with E-state index < -0.39 is 0 Å². The SMILES string of the molecule is O=Cc1ccc(C=Cc2ccc(C=Cc3ccc(C=O)cc3)c(OCOCCCCCCCCCCCS)c2)cc1. The van der Waals surface area contributed by atoms with Gasteiger partial charge in [0.15, 0.2) is 6.79 Å². The molecule has 0 radical (unpaired) electrons. The molecular weight excluding hydrogens is 528 g/mol. The number of rotatable bonds is 20. The first-order chi connectivity index (χ1) is 20.2. The molecule has 3 rings (SSSR count). The predicted molar refractivity (Wildman–Crippen MR) is 175 cm³/mol. The van der Waals surface area contributed by atoms with E-state index in [0.29, 0.717) is 17.7 Å². The monoisotopic (exact) mass is 570 g/mol. The number of carbonyl (C=O) groups is 2. The van der Waals surface area contributed by atoms with Crippen LogP contribution < -0.4 is 4.74 Å². The molecule has 41 heavy (non-hydrogen) atoms. The highest BCUT2D eigenvalue weighted by Gasteiger charge is 2.04. The van der Waals surface area contributed by atoms with E-state index >= 15 is 0 Å². The summed E-state index contributed by atoms with van der Waals surface area (Å²) < 4.78 is 11.9. The number of ether oxygens (including phenoxy) is 2. The van der Waals surface area contributed by atoms with Crippen LogP contribution in [0.2, 0.25) is 0 Å². The summed E-state index contributed by atoms with van der Waals surface area (Å²) in [5.41, 5.74) is 5.26. The largest absolute Gasteiger partial charge is 0.467 e. The van der Waals surface area contributed by atoms with Crippen LogP contribution in [0.3, 0.4) is 0 Å². The Balaban J connectivity index is 1.53. The lowest BCUT2D eigenvalue weighted by molar-refractivity contribution is 0.0134. The maximum Gasteiger partial charge on any atom is 0.189 e. The van der Waals surface area contributed by atoms with Crippen LogP contribution in [0.5, 0.6) is 5.75 Å². The first kappa shape index (κ1) is 32.1. The molecule has 0 aliphatic rings. The van der Waals surface area contributed by atoms with E-state index in [0.717, 1.165) is 52.7 Å². The highest BCUT2D eigenvalue weighted by atomic mass is 32.1. The van der Waals surface area contributed by atoms with Crippen molar-refractivity contribution in [3.63, 3.8) is 0 Å². The topological polar surface area (TPSA) is 52.6 Å². The molecule has 0 aliphatic heterocycles. The van der Waals surface area contributed by atoms with Crippen LogP contribution in [0, 0.1) is 0 Å². The van der Waals surface area contributed by atoms with Gasteiger partial charge in [-0.3, -0.25) is 9.59 Å². The number of thiol groups is 1. The van der Waals surface area contributed by atoms with Gasteiger partial charge in [0.2, 0.25) is 0 Å². The third kappa shape index (κ3) is 12.8. The summed E-state index contributed by atoms with van der Waals surface area (Å²) >= 11 is 4.27. The van der Waals surface area contributed by atoms with Crippen molar-refractivity contribution in [2.45, 2.75) is 57.8 Å². The third-order valence-electron chi connectivity index (χ3n) is 6.85. The van der Waals surface area contributed by atoms with E-state index in [-0.39, 0.29) is 6.79 Å². The van der Waals surface area contributed by atoms with Gasteiger partial charge in [-0.1, -0.05) is 130 Å². The van der Waals surface area contributed by atoms with Crippen molar-refractivity contribution in [2.24, 2.45) is 0 Å². The van der Waals surface area contributed by atoms with Crippen LogP contribution >= 0.6 is 12.6 Å². The normalized spacial score (nSPS) is 11.3. The molecule has 0 saturated heterocycles. The minimum absolute atomic E-state index is 0.195. The lowest BCUT2D eigenvalue weighted by Crippen LogP contribution is -2.05. The standard InChI is InChI=1S/C36H42O4S/c37-27-33-16-11-30(12-17-33)10-15-32-21-23-35(22-20-31-13-18-34(28-38)19-14-31)36(26-32)40-29-39-24-8-6-4-2-1-3-5-7-9-25-41/h10-23,26-28,41H,1-9,24-25,29H2. The zero-order chi connectivity index (χ0) is 29.0. The highest BCUT2D eigenvalue weighted by Crippen LogP contribution is 2.25. The second-order valence-electron chi connectivity index (χ2n) is 10.1. The maximum absolute atomic E-state index is 10.9. The van der Waals surface area contributed by atoms with Gasteiger partial charge in [-0.15, -0.1) is 0 Å². The second-order valence-corrected chi connectivity index (χ2v) is 10.6. The van der Waals surface area contributed by atoms with Crippen LogP contribution in [0.15, 0.2) is 66.7 Å². The van der Waals surface area contributed by atoms with Gasteiger partial charge in [-0.2, -0.15) is 12.6 Å². The maximum atomic E-state index is 10.9. The van der Waals surface area contributed by atoms with Crippen LogP contribution in [-0.4, -0.2) is 31.7 Å². The molecule has 0 fully saturated rings. The zero-order valence-corrected chi connectivity index (χ0v) is 24.8. The van der Waals surface area contributed by atoms with Gasteiger partial charge in [0.05, 0.1) is 6.61 Å². The summed E-state index contributed by atoms with van der Waals surface area (Å²) in [6, 6.07) is 21.0. The van der Waals surface area contributed by atoms with Crippen molar-refractivity contribution in [3.05, 3.63) is 100 Å². The number of unbranched alkanes of at least 4 members (excludes halogenated alkanes) is 8.